The highest BCUT2D eigenvalue weighted by Gasteiger charge is 2.16. The normalized spacial score (nSPS) is 12.0. The zero-order valence-electron chi connectivity index (χ0n) is 7.44. The molecule has 0 aliphatic carbocycles. The average Bonchev–Trinajstić information content (AvgIpc) is 2.32. The average molecular weight is 154 g/mol. The highest BCUT2D eigenvalue weighted by molar-refractivity contribution is 5.15. The summed E-state index contributed by atoms with van der Waals surface area (Å²) >= 11 is 0. The molecule has 1 aromatic rings. The van der Waals surface area contributed by atoms with Gasteiger partial charge in [-0.1, -0.05) is 20.8 Å². The Morgan fingerprint density at radius 3 is 2.45 bits per heavy atom. The van der Waals surface area contributed by atoms with Crippen LogP contribution in [0.2, 0.25) is 0 Å². The van der Waals surface area contributed by atoms with Gasteiger partial charge in [-0.2, -0.15) is 5.10 Å². The summed E-state index contributed by atoms with van der Waals surface area (Å²) in [6, 6.07) is 2.08. The highest BCUT2D eigenvalue weighted by atomic mass is 15.1. The van der Waals surface area contributed by atoms with Crippen molar-refractivity contribution in [3.63, 3.8) is 0 Å². The van der Waals surface area contributed by atoms with Crippen molar-refractivity contribution in [1.29, 1.82) is 0 Å². The van der Waals surface area contributed by atoms with Crippen molar-refractivity contribution in [1.82, 2.24) is 10.2 Å². The van der Waals surface area contributed by atoms with Crippen LogP contribution in [-0.2, 0) is 12.0 Å². The van der Waals surface area contributed by atoms with Crippen LogP contribution in [0.1, 0.15) is 32.2 Å². The van der Waals surface area contributed by atoms with Gasteiger partial charge < -0.3 is 5.73 Å². The van der Waals surface area contributed by atoms with Gasteiger partial charge in [-0.25, -0.2) is 0 Å². The molecule has 0 aliphatic heterocycles. The predicted molar refractivity (Wildman–Crippen MR) is 43.9 cm³/mol. The van der Waals surface area contributed by atoms with Crippen molar-refractivity contribution < 1.29 is 5.73 Å². The second-order valence-electron chi connectivity index (χ2n) is 3.78. The summed E-state index contributed by atoms with van der Waals surface area (Å²) in [5, 5.41) is 7.14. The van der Waals surface area contributed by atoms with Crippen LogP contribution in [0.25, 0.3) is 0 Å². The van der Waals surface area contributed by atoms with E-state index in [2.05, 4.69) is 42.8 Å². The van der Waals surface area contributed by atoms with E-state index >= 15 is 0 Å². The molecule has 4 N–H and O–H groups in total. The third kappa shape index (κ3) is 1.80. The molecule has 62 valence electrons. The number of aromatic amines is 1. The van der Waals surface area contributed by atoms with E-state index in [1.54, 1.807) is 0 Å². The van der Waals surface area contributed by atoms with Gasteiger partial charge in [0.15, 0.2) is 0 Å². The molecule has 1 rings (SSSR count). The van der Waals surface area contributed by atoms with E-state index in [0.29, 0.717) is 0 Å². The molecule has 11 heavy (non-hydrogen) atoms. The molecule has 0 fully saturated rings. The van der Waals surface area contributed by atoms with Crippen molar-refractivity contribution in [3.05, 3.63) is 17.5 Å². The van der Waals surface area contributed by atoms with Crippen LogP contribution in [0.3, 0.4) is 0 Å². The Labute approximate surface area is 67.0 Å². The van der Waals surface area contributed by atoms with E-state index < -0.39 is 0 Å². The smallest absolute Gasteiger partial charge is 0.116 e. The molecule has 0 spiro atoms. The molecular formula is C8H16N3+. The van der Waals surface area contributed by atoms with Crippen LogP contribution in [0.15, 0.2) is 6.07 Å². The van der Waals surface area contributed by atoms with Crippen molar-refractivity contribution in [3.8, 4) is 0 Å². The lowest BCUT2D eigenvalue weighted by Gasteiger charge is -2.13. The summed E-state index contributed by atoms with van der Waals surface area (Å²) in [5.41, 5.74) is 6.14. The molecule has 3 heteroatoms. The second kappa shape index (κ2) is 2.66. The molecule has 0 aromatic carbocycles. The summed E-state index contributed by atoms with van der Waals surface area (Å²) in [4.78, 5) is 0. The first kappa shape index (κ1) is 8.27. The quantitative estimate of drug-likeness (QED) is 0.606. The van der Waals surface area contributed by atoms with Gasteiger partial charge in [0.25, 0.3) is 0 Å². The number of aromatic nitrogens is 2. The van der Waals surface area contributed by atoms with Crippen molar-refractivity contribution in [2.24, 2.45) is 0 Å². The van der Waals surface area contributed by atoms with Crippen molar-refractivity contribution in [2.45, 2.75) is 32.7 Å². The molecule has 0 radical (unpaired) electrons. The molecule has 1 aromatic heterocycles. The summed E-state index contributed by atoms with van der Waals surface area (Å²) in [6.07, 6.45) is 0. The Morgan fingerprint density at radius 1 is 1.55 bits per heavy atom. The molecule has 0 aliphatic rings. The molecule has 0 atom stereocenters. The molecule has 0 amide bonds. The molecule has 0 bridgehead atoms. The van der Waals surface area contributed by atoms with E-state index in [-0.39, 0.29) is 5.41 Å². The van der Waals surface area contributed by atoms with Crippen LogP contribution in [-0.4, -0.2) is 10.2 Å². The van der Waals surface area contributed by atoms with Gasteiger partial charge in [-0.15, -0.1) is 0 Å². The summed E-state index contributed by atoms with van der Waals surface area (Å²) in [7, 11) is 0. The monoisotopic (exact) mass is 154 g/mol. The fraction of sp³-hybridized carbons (Fsp3) is 0.625. The minimum atomic E-state index is 0.143. The van der Waals surface area contributed by atoms with Gasteiger partial charge >= 0.3 is 0 Å². The second-order valence-corrected chi connectivity index (χ2v) is 3.78. The first-order valence-electron chi connectivity index (χ1n) is 3.88. The zero-order chi connectivity index (χ0) is 8.48. The van der Waals surface area contributed by atoms with Crippen molar-refractivity contribution >= 4 is 0 Å². The van der Waals surface area contributed by atoms with Crippen LogP contribution < -0.4 is 5.73 Å². The van der Waals surface area contributed by atoms with E-state index in [9.17, 15) is 0 Å². The lowest BCUT2D eigenvalue weighted by molar-refractivity contribution is -0.387. The number of hydrogen-bond donors (Lipinski definition) is 2. The van der Waals surface area contributed by atoms with Crippen molar-refractivity contribution in [2.75, 3.05) is 0 Å². The third-order valence-electron chi connectivity index (χ3n) is 1.67. The lowest BCUT2D eigenvalue weighted by atomic mass is 9.92. The van der Waals surface area contributed by atoms with Gasteiger partial charge in [0.1, 0.15) is 6.54 Å². The maximum absolute atomic E-state index is 4.19. The third-order valence-corrected chi connectivity index (χ3v) is 1.67. The van der Waals surface area contributed by atoms with E-state index in [0.717, 1.165) is 17.9 Å². The largest absolute Gasteiger partial charge is 0.353 e. The van der Waals surface area contributed by atoms with E-state index in [4.69, 9.17) is 0 Å². The molecule has 3 nitrogen and oxygen atoms in total. The molecule has 0 saturated carbocycles. The van der Waals surface area contributed by atoms with Gasteiger partial charge in [0, 0.05) is 5.41 Å². The molecular weight excluding hydrogens is 138 g/mol. The Balaban J connectivity index is 2.89. The predicted octanol–water partition coefficient (Wildman–Crippen LogP) is 0.449. The van der Waals surface area contributed by atoms with E-state index in [1.165, 1.54) is 0 Å². The highest BCUT2D eigenvalue weighted by Crippen LogP contribution is 2.19. The van der Waals surface area contributed by atoms with E-state index in [1.807, 2.05) is 0 Å². The van der Waals surface area contributed by atoms with Gasteiger partial charge in [-0.05, 0) is 6.07 Å². The standard InChI is InChI=1S/C8H15N3/c1-8(2,3)7-4-6(5-9)10-11-7/h4H,5,9H2,1-3H3,(H,10,11)/p+1. The summed E-state index contributed by atoms with van der Waals surface area (Å²) < 4.78 is 0. The number of H-pyrrole nitrogens is 1. The molecule has 0 saturated heterocycles. The summed E-state index contributed by atoms with van der Waals surface area (Å²) in [5.74, 6) is 0. The molecule has 0 unspecified atom stereocenters. The van der Waals surface area contributed by atoms with Gasteiger partial charge in [0.05, 0.1) is 11.4 Å². The Bertz CT molecular complexity index is 232. The number of rotatable bonds is 1. The SMILES string of the molecule is CC(C)(C)c1cc(C[NH3+])[nH]n1. The fourth-order valence-corrected chi connectivity index (χ4v) is 0.874. The van der Waals surface area contributed by atoms with Crippen LogP contribution in [0.4, 0.5) is 0 Å². The number of hydrogen-bond acceptors (Lipinski definition) is 1. The molecule has 1 heterocycles. The van der Waals surface area contributed by atoms with Crippen LogP contribution >= 0.6 is 0 Å². The number of nitrogens with zero attached hydrogens (tertiary/aromatic N) is 1. The zero-order valence-corrected chi connectivity index (χ0v) is 7.44. The Hall–Kier alpha value is -0.830. The first-order valence-corrected chi connectivity index (χ1v) is 3.88. The lowest BCUT2D eigenvalue weighted by Crippen LogP contribution is -2.47. The fourth-order valence-electron chi connectivity index (χ4n) is 0.874. The van der Waals surface area contributed by atoms with Gasteiger partial charge in [0.2, 0.25) is 0 Å². The van der Waals surface area contributed by atoms with Crippen LogP contribution in [0, 0.1) is 0 Å². The Morgan fingerprint density at radius 2 is 2.18 bits per heavy atom. The number of nitrogens with one attached hydrogen (secondary N) is 1. The maximum Gasteiger partial charge on any atom is 0.116 e. The summed E-state index contributed by atoms with van der Waals surface area (Å²) in [6.45, 7) is 7.23. The van der Waals surface area contributed by atoms with Crippen LogP contribution in [0.5, 0.6) is 0 Å². The topological polar surface area (TPSA) is 56.3 Å². The van der Waals surface area contributed by atoms with Gasteiger partial charge in [-0.3, -0.25) is 5.10 Å². The maximum atomic E-state index is 4.19. The minimum Gasteiger partial charge on any atom is -0.353 e. The first-order chi connectivity index (χ1) is 5.04. The Kier molecular flexibility index (Phi) is 2.00. The minimum absolute atomic E-state index is 0.143. The number of quaternary nitrogens is 1.